The van der Waals surface area contributed by atoms with Gasteiger partial charge in [0.15, 0.2) is 11.6 Å². The second-order valence-electron chi connectivity index (χ2n) is 5.05. The minimum atomic E-state index is -0.219. The number of hydrogen-bond acceptors (Lipinski definition) is 4. The van der Waals surface area contributed by atoms with Gasteiger partial charge in [-0.3, -0.25) is 0 Å². The topological polar surface area (TPSA) is 52.0 Å². The Bertz CT molecular complexity index is 467. The lowest BCUT2D eigenvalue weighted by Gasteiger charge is -2.19. The van der Waals surface area contributed by atoms with Crippen molar-refractivity contribution in [3.8, 4) is 0 Å². The first kappa shape index (κ1) is 14.4. The summed E-state index contributed by atoms with van der Waals surface area (Å²) in [4.78, 5) is 4.40. The molecule has 1 aliphatic rings. The summed E-state index contributed by atoms with van der Waals surface area (Å²) in [6.45, 7) is 3.49. The number of aromatic nitrogens is 3. The summed E-state index contributed by atoms with van der Waals surface area (Å²) in [5.41, 5.74) is 0. The van der Waals surface area contributed by atoms with E-state index in [-0.39, 0.29) is 5.06 Å². The van der Waals surface area contributed by atoms with Gasteiger partial charge in [0.25, 0.3) is 0 Å². The zero-order chi connectivity index (χ0) is 13.9. The third-order valence-electron chi connectivity index (χ3n) is 2.90. The number of anilines is 1. The summed E-state index contributed by atoms with van der Waals surface area (Å²) in [5, 5.41) is 7.07. The normalized spacial score (nSPS) is 17.3. The number of allylic oxidation sites excluding steroid dienone is 1. The molecule has 2 heterocycles. The van der Waals surface area contributed by atoms with E-state index in [4.69, 9.17) is 12.6 Å². The minimum absolute atomic E-state index is 0.219. The molecule has 2 rings (SSSR count). The Morgan fingerprint density at radius 1 is 1.63 bits per heavy atom. The summed E-state index contributed by atoms with van der Waals surface area (Å²) in [6.07, 6.45) is 4.82. The highest BCUT2D eigenvalue weighted by molar-refractivity contribution is 7.22. The maximum absolute atomic E-state index is 5.91. The predicted molar refractivity (Wildman–Crippen MR) is 81.2 cm³/mol. The SMILES string of the molecule is [B]C(C)(P)CCCOC1=CCCn2nc(NC)nc21. The zero-order valence-corrected chi connectivity index (χ0v) is 12.7. The molecule has 0 aliphatic carbocycles. The fourth-order valence-corrected chi connectivity index (χ4v) is 2.16. The van der Waals surface area contributed by atoms with Crippen molar-refractivity contribution < 1.29 is 4.74 Å². The van der Waals surface area contributed by atoms with E-state index in [1.165, 1.54) is 0 Å². The van der Waals surface area contributed by atoms with Crippen LogP contribution >= 0.6 is 9.24 Å². The molecule has 7 heteroatoms. The highest BCUT2D eigenvalue weighted by Crippen LogP contribution is 2.23. The average Bonchev–Trinajstić information content (AvgIpc) is 2.77. The fourth-order valence-electron chi connectivity index (χ4n) is 1.95. The monoisotopic (exact) mass is 278 g/mol. The molecule has 5 nitrogen and oxygen atoms in total. The number of nitrogens with one attached hydrogen (secondary N) is 1. The first-order chi connectivity index (χ1) is 8.99. The summed E-state index contributed by atoms with van der Waals surface area (Å²) in [6, 6.07) is 0. The summed E-state index contributed by atoms with van der Waals surface area (Å²) < 4.78 is 7.69. The van der Waals surface area contributed by atoms with Crippen molar-refractivity contribution in [2.24, 2.45) is 0 Å². The van der Waals surface area contributed by atoms with Crippen molar-refractivity contribution in [3.63, 3.8) is 0 Å². The lowest BCUT2D eigenvalue weighted by Crippen LogP contribution is -2.16. The van der Waals surface area contributed by atoms with E-state index in [1.54, 1.807) is 0 Å². The Hall–Kier alpha value is -1.03. The summed E-state index contributed by atoms with van der Waals surface area (Å²) in [7, 11) is 10.4. The first-order valence-corrected chi connectivity index (χ1v) is 7.11. The smallest absolute Gasteiger partial charge is 0.242 e. The number of ether oxygens (including phenoxy) is 1. The molecule has 0 amide bonds. The van der Waals surface area contributed by atoms with Gasteiger partial charge in [0.05, 0.1) is 14.5 Å². The number of nitrogens with zero attached hydrogens (tertiary/aromatic N) is 3. The molecule has 0 bridgehead atoms. The largest absolute Gasteiger partial charge is 0.490 e. The van der Waals surface area contributed by atoms with Crippen LogP contribution in [0.15, 0.2) is 6.08 Å². The molecule has 2 unspecified atom stereocenters. The molecule has 0 spiro atoms. The van der Waals surface area contributed by atoms with Crippen LogP contribution in [0, 0.1) is 0 Å². The van der Waals surface area contributed by atoms with Gasteiger partial charge in [-0.05, 0) is 25.3 Å². The molecule has 102 valence electrons. The third-order valence-corrected chi connectivity index (χ3v) is 3.19. The van der Waals surface area contributed by atoms with Crippen LogP contribution in [0.5, 0.6) is 0 Å². The van der Waals surface area contributed by atoms with Crippen LogP contribution in [-0.2, 0) is 11.3 Å². The van der Waals surface area contributed by atoms with Gasteiger partial charge < -0.3 is 10.1 Å². The maximum Gasteiger partial charge on any atom is 0.242 e. The number of aryl methyl sites for hydroxylation is 1. The van der Waals surface area contributed by atoms with Gasteiger partial charge in [0.2, 0.25) is 5.95 Å². The minimum Gasteiger partial charge on any atom is -0.490 e. The summed E-state index contributed by atoms with van der Waals surface area (Å²) in [5.74, 6) is 2.26. The van der Waals surface area contributed by atoms with Crippen LogP contribution in [0.3, 0.4) is 0 Å². The zero-order valence-electron chi connectivity index (χ0n) is 11.5. The molecule has 2 atom stereocenters. The van der Waals surface area contributed by atoms with Crippen LogP contribution in [0.1, 0.15) is 32.0 Å². The highest BCUT2D eigenvalue weighted by Gasteiger charge is 2.18. The molecule has 2 radical (unpaired) electrons. The first-order valence-electron chi connectivity index (χ1n) is 6.53. The van der Waals surface area contributed by atoms with E-state index in [0.29, 0.717) is 12.6 Å². The molecular weight excluding hydrogens is 258 g/mol. The van der Waals surface area contributed by atoms with Crippen LogP contribution in [0.4, 0.5) is 5.95 Å². The van der Waals surface area contributed by atoms with Crippen LogP contribution in [-0.4, -0.2) is 41.3 Å². The lowest BCUT2D eigenvalue weighted by atomic mass is 9.84. The lowest BCUT2D eigenvalue weighted by molar-refractivity contribution is 0.258. The van der Waals surface area contributed by atoms with Crippen molar-refractivity contribution in [1.82, 2.24) is 14.8 Å². The van der Waals surface area contributed by atoms with Gasteiger partial charge in [-0.15, -0.1) is 14.3 Å². The molecule has 19 heavy (non-hydrogen) atoms. The molecule has 0 saturated carbocycles. The van der Waals surface area contributed by atoms with Gasteiger partial charge in [0.1, 0.15) is 0 Å². The molecular formula is C12H20BN4OP. The molecule has 0 fully saturated rings. The van der Waals surface area contributed by atoms with E-state index >= 15 is 0 Å². The molecule has 1 N–H and O–H groups in total. The number of rotatable bonds is 6. The molecule has 1 aromatic heterocycles. The van der Waals surface area contributed by atoms with E-state index in [9.17, 15) is 0 Å². The van der Waals surface area contributed by atoms with E-state index < -0.39 is 0 Å². The second-order valence-corrected chi connectivity index (χ2v) is 6.37. The molecule has 0 aromatic carbocycles. The quantitative estimate of drug-likeness (QED) is 0.488. The molecule has 1 aromatic rings. The predicted octanol–water partition coefficient (Wildman–Crippen LogP) is 1.62. The van der Waals surface area contributed by atoms with Crippen LogP contribution in [0.2, 0.25) is 0 Å². The van der Waals surface area contributed by atoms with Crippen molar-refractivity contribution in [3.05, 3.63) is 11.9 Å². The Morgan fingerprint density at radius 3 is 3.11 bits per heavy atom. The highest BCUT2D eigenvalue weighted by atomic mass is 31.0. The maximum atomic E-state index is 5.91. The van der Waals surface area contributed by atoms with Gasteiger partial charge in [-0.1, -0.05) is 12.0 Å². The Labute approximate surface area is 117 Å². The summed E-state index contributed by atoms with van der Waals surface area (Å²) >= 11 is 0. The van der Waals surface area contributed by atoms with Crippen LogP contribution in [0.25, 0.3) is 5.76 Å². The van der Waals surface area contributed by atoms with Gasteiger partial charge in [-0.2, -0.15) is 4.98 Å². The van der Waals surface area contributed by atoms with E-state index in [2.05, 4.69) is 30.7 Å². The fraction of sp³-hybridized carbons (Fsp3) is 0.667. The Kier molecular flexibility index (Phi) is 4.51. The Balaban J connectivity index is 1.91. The van der Waals surface area contributed by atoms with Gasteiger partial charge >= 0.3 is 0 Å². The Morgan fingerprint density at radius 2 is 2.42 bits per heavy atom. The van der Waals surface area contributed by atoms with Crippen LogP contribution < -0.4 is 5.32 Å². The van der Waals surface area contributed by atoms with Gasteiger partial charge in [-0.25, -0.2) is 4.68 Å². The number of fused-ring (bicyclic) bond motifs is 1. The van der Waals surface area contributed by atoms with Crippen molar-refractivity contribution in [2.45, 2.75) is 37.8 Å². The van der Waals surface area contributed by atoms with Crippen molar-refractivity contribution >= 4 is 28.8 Å². The molecule has 0 saturated heterocycles. The van der Waals surface area contributed by atoms with E-state index in [0.717, 1.165) is 37.4 Å². The van der Waals surface area contributed by atoms with Crippen molar-refractivity contribution in [1.29, 1.82) is 0 Å². The van der Waals surface area contributed by atoms with Crippen molar-refractivity contribution in [2.75, 3.05) is 19.0 Å². The van der Waals surface area contributed by atoms with Gasteiger partial charge in [0, 0.05) is 13.6 Å². The van der Waals surface area contributed by atoms with E-state index in [1.807, 2.05) is 18.7 Å². The second kappa shape index (κ2) is 5.95. The number of hydrogen-bond donors (Lipinski definition) is 1. The molecule has 1 aliphatic heterocycles. The average molecular weight is 278 g/mol. The third kappa shape index (κ3) is 3.97. The standard InChI is InChI=1S/C12H20BN4OP/c1-12(13,19)6-4-8-18-9-5-3-7-17-10(9)15-11(14-2)16-17/h5H,3-4,6-8,19H2,1-2H3,(H,14,16).